The van der Waals surface area contributed by atoms with Crippen LogP contribution in [0.5, 0.6) is 5.75 Å². The van der Waals surface area contributed by atoms with E-state index in [0.717, 1.165) is 11.3 Å². The molecule has 18 heavy (non-hydrogen) atoms. The van der Waals surface area contributed by atoms with Gasteiger partial charge in [-0.2, -0.15) is 0 Å². The van der Waals surface area contributed by atoms with Crippen LogP contribution in [0.2, 0.25) is 0 Å². The summed E-state index contributed by atoms with van der Waals surface area (Å²) < 4.78 is 33.7. The Morgan fingerprint density at radius 1 is 1.22 bits per heavy atom. The molecule has 0 fully saturated rings. The summed E-state index contributed by atoms with van der Waals surface area (Å²) in [6.07, 6.45) is -1.76. The zero-order valence-electron chi connectivity index (χ0n) is 10.7. The van der Waals surface area contributed by atoms with Gasteiger partial charge in [0.25, 0.3) is 6.43 Å². The quantitative estimate of drug-likeness (QED) is 0.728. The van der Waals surface area contributed by atoms with Crippen molar-refractivity contribution in [2.45, 2.75) is 18.9 Å². The van der Waals surface area contributed by atoms with E-state index in [-0.39, 0.29) is 6.04 Å². The summed E-state index contributed by atoms with van der Waals surface area (Å²) in [6, 6.07) is 7.74. The number of nitrogens with one attached hydrogen (secondary N) is 1. The van der Waals surface area contributed by atoms with E-state index in [1.165, 1.54) is 0 Å². The molecule has 1 aromatic carbocycles. The van der Waals surface area contributed by atoms with Crippen LogP contribution >= 0.6 is 0 Å². The van der Waals surface area contributed by atoms with E-state index in [2.05, 4.69) is 5.32 Å². The third-order valence-corrected chi connectivity index (χ3v) is 2.66. The summed E-state index contributed by atoms with van der Waals surface area (Å²) in [7, 11) is 3.45. The maximum absolute atomic E-state index is 11.9. The van der Waals surface area contributed by atoms with Crippen molar-refractivity contribution in [2.24, 2.45) is 0 Å². The van der Waals surface area contributed by atoms with Crippen molar-refractivity contribution in [3.8, 4) is 5.75 Å². The standard InChI is InChI=1S/C13H19F2NO2/c1-16-12(7-8-18-9-13(14)15)10-3-5-11(17-2)6-4-10/h3-6,12-13,16H,7-9H2,1-2H3. The van der Waals surface area contributed by atoms with Gasteiger partial charge in [-0.25, -0.2) is 8.78 Å². The van der Waals surface area contributed by atoms with Crippen LogP contribution < -0.4 is 10.1 Å². The van der Waals surface area contributed by atoms with E-state index < -0.39 is 13.0 Å². The van der Waals surface area contributed by atoms with Crippen LogP contribution in [0.25, 0.3) is 0 Å². The zero-order chi connectivity index (χ0) is 13.4. The van der Waals surface area contributed by atoms with Gasteiger partial charge in [0.1, 0.15) is 12.4 Å². The molecule has 0 aliphatic rings. The third-order valence-electron chi connectivity index (χ3n) is 2.66. The molecule has 1 aromatic rings. The van der Waals surface area contributed by atoms with Gasteiger partial charge in [-0.15, -0.1) is 0 Å². The molecule has 1 atom stereocenters. The van der Waals surface area contributed by atoms with Crippen molar-refractivity contribution in [3.63, 3.8) is 0 Å². The van der Waals surface area contributed by atoms with Crippen molar-refractivity contribution < 1.29 is 18.3 Å². The summed E-state index contributed by atoms with van der Waals surface area (Å²) >= 11 is 0. The lowest BCUT2D eigenvalue weighted by molar-refractivity contribution is 0.0145. The zero-order valence-corrected chi connectivity index (χ0v) is 10.7. The van der Waals surface area contributed by atoms with Gasteiger partial charge in [-0.3, -0.25) is 0 Å². The van der Waals surface area contributed by atoms with E-state index in [1.54, 1.807) is 7.11 Å². The molecular weight excluding hydrogens is 240 g/mol. The summed E-state index contributed by atoms with van der Waals surface area (Å²) in [6.45, 7) is -0.194. The Morgan fingerprint density at radius 3 is 2.39 bits per heavy atom. The summed E-state index contributed by atoms with van der Waals surface area (Å²) in [5, 5.41) is 3.14. The molecule has 0 spiro atoms. The van der Waals surface area contributed by atoms with Crippen molar-refractivity contribution in [1.29, 1.82) is 0 Å². The van der Waals surface area contributed by atoms with Gasteiger partial charge >= 0.3 is 0 Å². The number of hydrogen-bond acceptors (Lipinski definition) is 3. The Labute approximate surface area is 106 Å². The van der Waals surface area contributed by atoms with Gasteiger partial charge in [-0.1, -0.05) is 12.1 Å². The molecule has 102 valence electrons. The second-order valence-corrected chi connectivity index (χ2v) is 3.87. The molecule has 3 nitrogen and oxygen atoms in total. The molecule has 5 heteroatoms. The first-order valence-corrected chi connectivity index (χ1v) is 5.84. The van der Waals surface area contributed by atoms with E-state index in [9.17, 15) is 8.78 Å². The molecule has 1 unspecified atom stereocenters. The number of halogens is 2. The Kier molecular flexibility index (Phi) is 6.60. The molecule has 0 aromatic heterocycles. The summed E-state index contributed by atoms with van der Waals surface area (Å²) in [5.74, 6) is 0.794. The molecule has 0 aliphatic carbocycles. The fraction of sp³-hybridized carbons (Fsp3) is 0.538. The lowest BCUT2D eigenvalue weighted by atomic mass is 10.0. The molecule has 0 saturated carbocycles. The minimum Gasteiger partial charge on any atom is -0.497 e. The normalized spacial score (nSPS) is 12.7. The first kappa shape index (κ1) is 14.9. The van der Waals surface area contributed by atoms with E-state index in [0.29, 0.717) is 13.0 Å². The maximum atomic E-state index is 11.9. The number of ether oxygens (including phenoxy) is 2. The Hall–Kier alpha value is -1.20. The highest BCUT2D eigenvalue weighted by Crippen LogP contribution is 2.19. The maximum Gasteiger partial charge on any atom is 0.261 e. The van der Waals surface area contributed by atoms with Crippen LogP contribution in [0.1, 0.15) is 18.0 Å². The molecule has 0 bridgehead atoms. The van der Waals surface area contributed by atoms with Crippen molar-refractivity contribution in [1.82, 2.24) is 5.32 Å². The second-order valence-electron chi connectivity index (χ2n) is 3.87. The van der Waals surface area contributed by atoms with Gasteiger partial charge in [0.2, 0.25) is 0 Å². The number of benzene rings is 1. The Balaban J connectivity index is 2.44. The minimum absolute atomic E-state index is 0.0913. The van der Waals surface area contributed by atoms with Crippen LogP contribution in [0.4, 0.5) is 8.78 Å². The van der Waals surface area contributed by atoms with Gasteiger partial charge in [-0.05, 0) is 31.2 Å². The first-order valence-electron chi connectivity index (χ1n) is 5.84. The van der Waals surface area contributed by atoms with Crippen molar-refractivity contribution in [3.05, 3.63) is 29.8 Å². The highest BCUT2D eigenvalue weighted by molar-refractivity contribution is 5.29. The van der Waals surface area contributed by atoms with Crippen LogP contribution in [0, 0.1) is 0 Å². The topological polar surface area (TPSA) is 30.5 Å². The van der Waals surface area contributed by atoms with E-state index in [4.69, 9.17) is 9.47 Å². The van der Waals surface area contributed by atoms with Gasteiger partial charge in [0.15, 0.2) is 0 Å². The van der Waals surface area contributed by atoms with Gasteiger partial charge in [0, 0.05) is 12.6 Å². The molecular formula is C13H19F2NO2. The fourth-order valence-corrected chi connectivity index (χ4v) is 1.69. The monoisotopic (exact) mass is 259 g/mol. The van der Waals surface area contributed by atoms with Crippen molar-refractivity contribution >= 4 is 0 Å². The average molecular weight is 259 g/mol. The van der Waals surface area contributed by atoms with Crippen LogP contribution in [0.3, 0.4) is 0 Å². The minimum atomic E-state index is -2.40. The number of hydrogen-bond donors (Lipinski definition) is 1. The molecule has 0 radical (unpaired) electrons. The van der Waals surface area contributed by atoms with Crippen LogP contribution in [-0.2, 0) is 4.74 Å². The first-order chi connectivity index (χ1) is 8.67. The fourth-order valence-electron chi connectivity index (χ4n) is 1.69. The Bertz CT molecular complexity index is 330. The summed E-state index contributed by atoms with van der Waals surface area (Å²) in [5.41, 5.74) is 1.08. The lowest BCUT2D eigenvalue weighted by Gasteiger charge is -2.17. The largest absolute Gasteiger partial charge is 0.497 e. The van der Waals surface area contributed by atoms with Gasteiger partial charge in [0.05, 0.1) is 7.11 Å². The van der Waals surface area contributed by atoms with Crippen molar-refractivity contribution in [2.75, 3.05) is 27.4 Å². The predicted molar refractivity (Wildman–Crippen MR) is 66.2 cm³/mol. The highest BCUT2D eigenvalue weighted by Gasteiger charge is 2.10. The molecule has 1 rings (SSSR count). The Morgan fingerprint density at radius 2 is 1.89 bits per heavy atom. The predicted octanol–water partition coefficient (Wildman–Crippen LogP) is 2.63. The van der Waals surface area contributed by atoms with E-state index >= 15 is 0 Å². The smallest absolute Gasteiger partial charge is 0.261 e. The molecule has 0 aliphatic heterocycles. The van der Waals surface area contributed by atoms with E-state index in [1.807, 2.05) is 31.3 Å². The second kappa shape index (κ2) is 8.00. The SMILES string of the molecule is CNC(CCOCC(F)F)c1ccc(OC)cc1. The lowest BCUT2D eigenvalue weighted by Crippen LogP contribution is -2.19. The number of alkyl halides is 2. The highest BCUT2D eigenvalue weighted by atomic mass is 19.3. The number of methoxy groups -OCH3 is 1. The molecule has 1 N–H and O–H groups in total. The van der Waals surface area contributed by atoms with Crippen LogP contribution in [0.15, 0.2) is 24.3 Å². The molecule has 0 saturated heterocycles. The third kappa shape index (κ3) is 4.98. The molecule has 0 amide bonds. The van der Waals surface area contributed by atoms with Gasteiger partial charge < -0.3 is 14.8 Å². The number of rotatable bonds is 8. The molecule has 0 heterocycles. The van der Waals surface area contributed by atoms with Crippen LogP contribution in [-0.4, -0.2) is 33.8 Å². The average Bonchev–Trinajstić information content (AvgIpc) is 2.39. The summed E-state index contributed by atoms with van der Waals surface area (Å²) in [4.78, 5) is 0.